The summed E-state index contributed by atoms with van der Waals surface area (Å²) in [7, 11) is 0. The summed E-state index contributed by atoms with van der Waals surface area (Å²) in [5, 5.41) is 10.7. The van der Waals surface area contributed by atoms with Gasteiger partial charge in [0.05, 0.1) is 30.7 Å². The van der Waals surface area contributed by atoms with E-state index in [1.165, 1.54) is 10.9 Å². The molecule has 2 heterocycles. The third-order valence-corrected chi connectivity index (χ3v) is 5.12. The highest BCUT2D eigenvalue weighted by molar-refractivity contribution is 6.30. The number of carbonyl (C=O) groups is 1. The van der Waals surface area contributed by atoms with Gasteiger partial charge in [0.15, 0.2) is 11.4 Å². The maximum absolute atomic E-state index is 13.3. The molecule has 0 atom stereocenters. The van der Waals surface area contributed by atoms with Gasteiger partial charge in [0.2, 0.25) is 0 Å². The van der Waals surface area contributed by atoms with E-state index in [2.05, 4.69) is 20.7 Å². The van der Waals surface area contributed by atoms with Crippen LogP contribution in [0.2, 0.25) is 5.02 Å². The maximum atomic E-state index is 13.3. The Labute approximate surface area is 201 Å². The van der Waals surface area contributed by atoms with Gasteiger partial charge in [-0.2, -0.15) is 9.78 Å². The van der Waals surface area contributed by atoms with Gasteiger partial charge in [0, 0.05) is 22.5 Å². The van der Waals surface area contributed by atoms with Crippen molar-refractivity contribution in [3.8, 4) is 11.4 Å². The Bertz CT molecular complexity index is 1340. The molecule has 0 unspecified atom stereocenters. The third-order valence-electron chi connectivity index (χ3n) is 4.86. The Morgan fingerprint density at radius 1 is 1.09 bits per heavy atom. The maximum Gasteiger partial charge on any atom is 0.299 e. The highest BCUT2D eigenvalue weighted by atomic mass is 35.5. The number of anilines is 2. The van der Waals surface area contributed by atoms with E-state index in [9.17, 15) is 9.59 Å². The summed E-state index contributed by atoms with van der Waals surface area (Å²) in [6.45, 7) is 2.49. The van der Waals surface area contributed by atoms with E-state index in [1.807, 2.05) is 25.1 Å². The third kappa shape index (κ3) is 5.41. The van der Waals surface area contributed by atoms with Gasteiger partial charge < -0.3 is 15.4 Å². The second-order valence-corrected chi connectivity index (χ2v) is 7.66. The van der Waals surface area contributed by atoms with E-state index >= 15 is 0 Å². The number of nitrogens with zero attached hydrogens (tertiary/aromatic N) is 3. The molecule has 172 valence electrons. The van der Waals surface area contributed by atoms with E-state index in [0.29, 0.717) is 40.9 Å². The minimum Gasteiger partial charge on any atom is -0.490 e. The fourth-order valence-corrected chi connectivity index (χ4v) is 3.37. The number of rotatable bonds is 8. The molecule has 4 aromatic rings. The zero-order valence-electron chi connectivity index (χ0n) is 18.4. The van der Waals surface area contributed by atoms with Crippen molar-refractivity contribution in [1.82, 2.24) is 20.1 Å². The van der Waals surface area contributed by atoms with Crippen molar-refractivity contribution >= 4 is 28.9 Å². The number of amides is 1. The molecule has 0 bridgehead atoms. The van der Waals surface area contributed by atoms with Crippen LogP contribution < -0.4 is 20.9 Å². The van der Waals surface area contributed by atoms with Crippen molar-refractivity contribution in [2.24, 2.45) is 0 Å². The molecular weight excluding hydrogens is 454 g/mol. The minimum atomic E-state index is -0.404. The van der Waals surface area contributed by atoms with Gasteiger partial charge in [-0.3, -0.25) is 14.6 Å². The predicted octanol–water partition coefficient (Wildman–Crippen LogP) is 4.35. The van der Waals surface area contributed by atoms with Crippen LogP contribution in [0, 0.1) is 0 Å². The Balaban J connectivity index is 1.60. The van der Waals surface area contributed by atoms with Crippen LogP contribution in [0.1, 0.15) is 23.0 Å². The highest BCUT2D eigenvalue weighted by Gasteiger charge is 2.15. The summed E-state index contributed by atoms with van der Waals surface area (Å²) in [6, 6.07) is 19.1. The van der Waals surface area contributed by atoms with Crippen LogP contribution in [0.3, 0.4) is 0 Å². The topological polar surface area (TPSA) is 98.1 Å². The molecule has 0 aliphatic rings. The lowest BCUT2D eigenvalue weighted by Crippen LogP contribution is -2.25. The van der Waals surface area contributed by atoms with Gasteiger partial charge >= 0.3 is 0 Å². The zero-order chi connectivity index (χ0) is 23.9. The standard InChI is InChI=1S/C25H22ClN5O3/c1-2-34-22-16-29-31(21-11-9-18(26)10-12-21)25(33)23(22)30-19-8-5-6-17(14-19)24(32)28-15-20-7-3-4-13-27-20/h3-14,16,30H,2,15H2,1H3,(H,28,32). The molecule has 2 aromatic heterocycles. The largest absolute Gasteiger partial charge is 0.490 e. The zero-order valence-corrected chi connectivity index (χ0v) is 19.1. The monoisotopic (exact) mass is 475 g/mol. The quantitative estimate of drug-likeness (QED) is 0.393. The summed E-state index contributed by atoms with van der Waals surface area (Å²) < 4.78 is 6.87. The lowest BCUT2D eigenvalue weighted by atomic mass is 10.2. The van der Waals surface area contributed by atoms with Gasteiger partial charge in [-0.05, 0) is 61.5 Å². The Hall–Kier alpha value is -4.17. The lowest BCUT2D eigenvalue weighted by Gasteiger charge is -2.14. The summed E-state index contributed by atoms with van der Waals surface area (Å²) in [6.07, 6.45) is 3.15. The van der Waals surface area contributed by atoms with Crippen LogP contribution in [0.4, 0.5) is 11.4 Å². The number of ether oxygens (including phenoxy) is 1. The van der Waals surface area contributed by atoms with Crippen LogP contribution in [0.5, 0.6) is 5.75 Å². The average Bonchev–Trinajstić information content (AvgIpc) is 2.86. The molecule has 0 fully saturated rings. The number of hydrogen-bond acceptors (Lipinski definition) is 6. The molecule has 8 nitrogen and oxygen atoms in total. The highest BCUT2D eigenvalue weighted by Crippen LogP contribution is 2.25. The molecule has 0 aliphatic heterocycles. The van der Waals surface area contributed by atoms with Crippen molar-refractivity contribution in [2.75, 3.05) is 11.9 Å². The van der Waals surface area contributed by atoms with Gasteiger partial charge in [0.1, 0.15) is 0 Å². The van der Waals surface area contributed by atoms with Gasteiger partial charge in [-0.15, -0.1) is 0 Å². The molecule has 0 aliphatic carbocycles. The second kappa shape index (κ2) is 10.6. The van der Waals surface area contributed by atoms with E-state index in [4.69, 9.17) is 16.3 Å². The van der Waals surface area contributed by atoms with Gasteiger partial charge in [-0.1, -0.05) is 23.7 Å². The Kier molecular flexibility index (Phi) is 7.19. The summed E-state index contributed by atoms with van der Waals surface area (Å²) in [5.41, 5.74) is 2.11. The summed E-state index contributed by atoms with van der Waals surface area (Å²) in [5.74, 6) is 0.0513. The molecule has 0 spiro atoms. The lowest BCUT2D eigenvalue weighted by molar-refractivity contribution is 0.0950. The molecule has 0 saturated carbocycles. The van der Waals surface area contributed by atoms with Crippen molar-refractivity contribution in [3.05, 3.63) is 106 Å². The van der Waals surface area contributed by atoms with Crippen LogP contribution in [0.15, 0.2) is 83.9 Å². The molecule has 0 radical (unpaired) electrons. The first-order chi connectivity index (χ1) is 16.5. The number of benzene rings is 2. The van der Waals surface area contributed by atoms with Crippen molar-refractivity contribution in [2.45, 2.75) is 13.5 Å². The van der Waals surface area contributed by atoms with Crippen molar-refractivity contribution in [1.29, 1.82) is 0 Å². The fourth-order valence-electron chi connectivity index (χ4n) is 3.24. The van der Waals surface area contributed by atoms with Crippen molar-refractivity contribution in [3.63, 3.8) is 0 Å². The molecule has 9 heteroatoms. The molecule has 0 saturated heterocycles. The predicted molar refractivity (Wildman–Crippen MR) is 131 cm³/mol. The molecule has 2 N–H and O–H groups in total. The van der Waals surface area contributed by atoms with Gasteiger partial charge in [0.25, 0.3) is 11.5 Å². The van der Waals surface area contributed by atoms with E-state index in [1.54, 1.807) is 54.7 Å². The van der Waals surface area contributed by atoms with Crippen LogP contribution in [-0.2, 0) is 6.54 Å². The van der Waals surface area contributed by atoms with E-state index < -0.39 is 5.56 Å². The van der Waals surface area contributed by atoms with Crippen LogP contribution in [0.25, 0.3) is 5.69 Å². The second-order valence-electron chi connectivity index (χ2n) is 7.22. The first-order valence-electron chi connectivity index (χ1n) is 10.6. The number of hydrogen-bond donors (Lipinski definition) is 2. The van der Waals surface area contributed by atoms with Crippen molar-refractivity contribution < 1.29 is 9.53 Å². The number of nitrogens with one attached hydrogen (secondary N) is 2. The molecule has 4 rings (SSSR count). The summed E-state index contributed by atoms with van der Waals surface area (Å²) >= 11 is 5.97. The fraction of sp³-hybridized carbons (Fsp3) is 0.120. The first kappa shape index (κ1) is 23.0. The van der Waals surface area contributed by atoms with E-state index in [-0.39, 0.29) is 11.6 Å². The summed E-state index contributed by atoms with van der Waals surface area (Å²) in [4.78, 5) is 30.1. The average molecular weight is 476 g/mol. The first-order valence-corrected chi connectivity index (χ1v) is 11.0. The SMILES string of the molecule is CCOc1cnn(-c2ccc(Cl)cc2)c(=O)c1Nc1cccc(C(=O)NCc2ccccn2)c1. The molecule has 1 amide bonds. The molecule has 2 aromatic carbocycles. The van der Waals surface area contributed by atoms with Crippen LogP contribution >= 0.6 is 11.6 Å². The van der Waals surface area contributed by atoms with Gasteiger partial charge in [-0.25, -0.2) is 0 Å². The Morgan fingerprint density at radius 2 is 1.91 bits per heavy atom. The minimum absolute atomic E-state index is 0.206. The normalized spacial score (nSPS) is 10.5. The number of carbonyl (C=O) groups excluding carboxylic acids is 1. The molecular formula is C25H22ClN5O3. The van der Waals surface area contributed by atoms with Crippen LogP contribution in [-0.4, -0.2) is 27.3 Å². The van der Waals surface area contributed by atoms with E-state index in [0.717, 1.165) is 5.69 Å². The molecule has 34 heavy (non-hydrogen) atoms. The number of halogens is 1. The number of pyridine rings is 1. The smallest absolute Gasteiger partial charge is 0.299 e. The Morgan fingerprint density at radius 3 is 2.65 bits per heavy atom. The number of aromatic nitrogens is 3.